The standard InChI is InChI=1S/C11H20O2/c1-9-5-4-6-11(9)12-7-10(2,3)8-13-11/h9H,4-8H2,1-3H3. The zero-order valence-corrected chi connectivity index (χ0v) is 8.93. The molecule has 2 fully saturated rings. The summed E-state index contributed by atoms with van der Waals surface area (Å²) in [5, 5.41) is 0. The molecule has 1 heterocycles. The first kappa shape index (κ1) is 9.47. The van der Waals surface area contributed by atoms with Gasteiger partial charge in [-0.15, -0.1) is 0 Å². The molecule has 0 amide bonds. The van der Waals surface area contributed by atoms with Crippen molar-refractivity contribution in [3.8, 4) is 0 Å². The van der Waals surface area contributed by atoms with Gasteiger partial charge >= 0.3 is 0 Å². The van der Waals surface area contributed by atoms with Gasteiger partial charge in [0.2, 0.25) is 0 Å². The Labute approximate surface area is 80.6 Å². The van der Waals surface area contributed by atoms with Crippen LogP contribution in [0.15, 0.2) is 0 Å². The molecule has 1 saturated heterocycles. The second-order valence-corrected chi connectivity index (χ2v) is 5.35. The summed E-state index contributed by atoms with van der Waals surface area (Å²) in [7, 11) is 0. The van der Waals surface area contributed by atoms with Crippen molar-refractivity contribution in [2.75, 3.05) is 13.2 Å². The summed E-state index contributed by atoms with van der Waals surface area (Å²) < 4.78 is 11.9. The SMILES string of the molecule is CC1CCCC12OCC(C)(C)CO2. The number of rotatable bonds is 0. The molecular formula is C11H20O2. The van der Waals surface area contributed by atoms with Crippen molar-refractivity contribution in [2.45, 2.75) is 45.8 Å². The Balaban J connectivity index is 2.04. The maximum Gasteiger partial charge on any atom is 0.170 e. The minimum absolute atomic E-state index is 0.202. The molecule has 1 aliphatic carbocycles. The number of ether oxygens (including phenoxy) is 2. The summed E-state index contributed by atoms with van der Waals surface area (Å²) in [5.41, 5.74) is 0.202. The van der Waals surface area contributed by atoms with Gasteiger partial charge in [0.1, 0.15) is 0 Å². The lowest BCUT2D eigenvalue weighted by Crippen LogP contribution is -2.49. The van der Waals surface area contributed by atoms with E-state index in [9.17, 15) is 0 Å². The Morgan fingerprint density at radius 2 is 1.77 bits per heavy atom. The summed E-state index contributed by atoms with van der Waals surface area (Å²) >= 11 is 0. The number of hydrogen-bond acceptors (Lipinski definition) is 2. The Morgan fingerprint density at radius 3 is 2.23 bits per heavy atom. The highest BCUT2D eigenvalue weighted by molar-refractivity contribution is 4.88. The van der Waals surface area contributed by atoms with Gasteiger partial charge in [0, 0.05) is 17.8 Å². The molecular weight excluding hydrogens is 164 g/mol. The maximum absolute atomic E-state index is 5.93. The Morgan fingerprint density at radius 1 is 1.15 bits per heavy atom. The molecule has 0 radical (unpaired) electrons. The molecule has 1 aliphatic heterocycles. The van der Waals surface area contributed by atoms with E-state index in [0.29, 0.717) is 5.92 Å². The summed E-state index contributed by atoms with van der Waals surface area (Å²) in [6.45, 7) is 8.32. The monoisotopic (exact) mass is 184 g/mol. The van der Waals surface area contributed by atoms with Crippen LogP contribution in [-0.2, 0) is 9.47 Å². The third-order valence-electron chi connectivity index (χ3n) is 3.33. The third kappa shape index (κ3) is 1.62. The molecule has 1 unspecified atom stereocenters. The van der Waals surface area contributed by atoms with E-state index in [4.69, 9.17) is 9.47 Å². The van der Waals surface area contributed by atoms with Crippen LogP contribution in [0.1, 0.15) is 40.0 Å². The van der Waals surface area contributed by atoms with Crippen LogP contribution in [0.4, 0.5) is 0 Å². The molecule has 2 aliphatic rings. The first-order valence-electron chi connectivity index (χ1n) is 5.32. The van der Waals surface area contributed by atoms with Gasteiger partial charge in [0.05, 0.1) is 13.2 Å². The normalized spacial score (nSPS) is 36.7. The van der Waals surface area contributed by atoms with Crippen molar-refractivity contribution in [1.82, 2.24) is 0 Å². The lowest BCUT2D eigenvalue weighted by Gasteiger charge is -2.43. The van der Waals surface area contributed by atoms with Crippen LogP contribution in [0.3, 0.4) is 0 Å². The van der Waals surface area contributed by atoms with Crippen molar-refractivity contribution < 1.29 is 9.47 Å². The fourth-order valence-electron chi connectivity index (χ4n) is 2.27. The van der Waals surface area contributed by atoms with Crippen LogP contribution in [0.5, 0.6) is 0 Å². The summed E-state index contributed by atoms with van der Waals surface area (Å²) in [6.07, 6.45) is 3.59. The topological polar surface area (TPSA) is 18.5 Å². The van der Waals surface area contributed by atoms with E-state index in [-0.39, 0.29) is 11.2 Å². The first-order chi connectivity index (χ1) is 6.04. The largest absolute Gasteiger partial charge is 0.349 e. The van der Waals surface area contributed by atoms with Crippen molar-refractivity contribution in [1.29, 1.82) is 0 Å². The molecule has 1 saturated carbocycles. The number of hydrogen-bond donors (Lipinski definition) is 0. The van der Waals surface area contributed by atoms with E-state index in [1.54, 1.807) is 0 Å². The van der Waals surface area contributed by atoms with Gasteiger partial charge in [-0.05, 0) is 12.8 Å². The Bertz CT molecular complexity index is 188. The van der Waals surface area contributed by atoms with E-state index < -0.39 is 0 Å². The molecule has 0 bridgehead atoms. The molecule has 2 nitrogen and oxygen atoms in total. The predicted molar refractivity (Wildman–Crippen MR) is 51.4 cm³/mol. The second-order valence-electron chi connectivity index (χ2n) is 5.35. The molecule has 0 aromatic rings. The molecule has 76 valence electrons. The van der Waals surface area contributed by atoms with E-state index >= 15 is 0 Å². The molecule has 2 rings (SSSR count). The quantitative estimate of drug-likeness (QED) is 0.576. The highest BCUT2D eigenvalue weighted by atomic mass is 16.7. The van der Waals surface area contributed by atoms with Crippen molar-refractivity contribution in [3.63, 3.8) is 0 Å². The Hall–Kier alpha value is -0.0800. The fraction of sp³-hybridized carbons (Fsp3) is 1.00. The van der Waals surface area contributed by atoms with Crippen molar-refractivity contribution in [3.05, 3.63) is 0 Å². The average Bonchev–Trinajstić information content (AvgIpc) is 2.41. The molecule has 0 aromatic carbocycles. The Kier molecular flexibility index (Phi) is 2.16. The smallest absolute Gasteiger partial charge is 0.170 e. The fourth-order valence-corrected chi connectivity index (χ4v) is 2.27. The van der Waals surface area contributed by atoms with Gasteiger partial charge in [-0.1, -0.05) is 20.8 Å². The van der Waals surface area contributed by atoms with Gasteiger partial charge in [-0.2, -0.15) is 0 Å². The van der Waals surface area contributed by atoms with Crippen LogP contribution < -0.4 is 0 Å². The molecule has 1 spiro atoms. The van der Waals surface area contributed by atoms with E-state index in [2.05, 4.69) is 20.8 Å². The lowest BCUT2D eigenvalue weighted by atomic mass is 9.93. The molecule has 1 atom stereocenters. The van der Waals surface area contributed by atoms with Crippen LogP contribution in [-0.4, -0.2) is 19.0 Å². The highest BCUT2D eigenvalue weighted by Crippen LogP contribution is 2.43. The summed E-state index contributed by atoms with van der Waals surface area (Å²) in [6, 6.07) is 0. The zero-order valence-electron chi connectivity index (χ0n) is 8.93. The van der Waals surface area contributed by atoms with E-state index in [0.717, 1.165) is 19.6 Å². The molecule has 2 heteroatoms. The van der Waals surface area contributed by atoms with Crippen molar-refractivity contribution in [2.24, 2.45) is 11.3 Å². The zero-order chi connectivity index (χ0) is 9.53. The second kappa shape index (κ2) is 2.96. The van der Waals surface area contributed by atoms with Crippen LogP contribution in [0.25, 0.3) is 0 Å². The lowest BCUT2D eigenvalue weighted by molar-refractivity contribution is -0.311. The van der Waals surface area contributed by atoms with E-state index in [1.165, 1.54) is 12.8 Å². The molecule has 13 heavy (non-hydrogen) atoms. The summed E-state index contributed by atoms with van der Waals surface area (Å²) in [5.74, 6) is 0.360. The van der Waals surface area contributed by atoms with Gasteiger partial charge in [0.25, 0.3) is 0 Å². The average molecular weight is 184 g/mol. The van der Waals surface area contributed by atoms with Crippen LogP contribution >= 0.6 is 0 Å². The van der Waals surface area contributed by atoms with Crippen LogP contribution in [0.2, 0.25) is 0 Å². The maximum atomic E-state index is 5.93. The molecule has 0 aromatic heterocycles. The minimum atomic E-state index is -0.213. The van der Waals surface area contributed by atoms with Gasteiger partial charge < -0.3 is 9.47 Å². The predicted octanol–water partition coefficient (Wildman–Crippen LogP) is 2.58. The van der Waals surface area contributed by atoms with Gasteiger partial charge in [-0.3, -0.25) is 0 Å². The summed E-state index contributed by atoms with van der Waals surface area (Å²) in [4.78, 5) is 0. The minimum Gasteiger partial charge on any atom is -0.349 e. The van der Waals surface area contributed by atoms with Gasteiger partial charge in [0.15, 0.2) is 5.79 Å². The highest BCUT2D eigenvalue weighted by Gasteiger charge is 2.47. The molecule has 0 N–H and O–H groups in total. The first-order valence-corrected chi connectivity index (χ1v) is 5.32. The third-order valence-corrected chi connectivity index (χ3v) is 3.33. The van der Waals surface area contributed by atoms with E-state index in [1.807, 2.05) is 0 Å². The van der Waals surface area contributed by atoms with Gasteiger partial charge in [-0.25, -0.2) is 0 Å². The van der Waals surface area contributed by atoms with Crippen molar-refractivity contribution >= 4 is 0 Å². The van der Waals surface area contributed by atoms with Crippen LogP contribution in [0, 0.1) is 11.3 Å².